The number of hydrogen-bond acceptors (Lipinski definition) is 4. The van der Waals surface area contributed by atoms with Crippen molar-refractivity contribution in [3.63, 3.8) is 0 Å². The predicted molar refractivity (Wildman–Crippen MR) is 83.0 cm³/mol. The van der Waals surface area contributed by atoms with E-state index in [1.54, 1.807) is 6.07 Å². The third-order valence-electron chi connectivity index (χ3n) is 5.04. The fourth-order valence-corrected chi connectivity index (χ4v) is 3.74. The Kier molecular flexibility index (Phi) is 3.45. The van der Waals surface area contributed by atoms with Gasteiger partial charge in [0.25, 0.3) is 5.91 Å². The minimum Gasteiger partial charge on any atom is -0.494 e. The Morgan fingerprint density at radius 3 is 2.87 bits per heavy atom. The van der Waals surface area contributed by atoms with E-state index in [0.717, 1.165) is 32.5 Å². The Bertz CT molecular complexity index is 752. The van der Waals surface area contributed by atoms with E-state index in [9.17, 15) is 9.18 Å². The number of carbonyl (C=O) groups is 1. The zero-order valence-electron chi connectivity index (χ0n) is 12.9. The Labute approximate surface area is 133 Å². The number of carbonyl (C=O) groups excluding carboxylic acids is 1. The second kappa shape index (κ2) is 5.49. The molecule has 1 aromatic heterocycles. The highest BCUT2D eigenvalue weighted by Crippen LogP contribution is 2.29. The largest absolute Gasteiger partial charge is 0.494 e. The van der Waals surface area contributed by atoms with E-state index in [-0.39, 0.29) is 28.8 Å². The molecule has 0 unspecified atom stereocenters. The molecular formula is C16H19FN4O2. The Morgan fingerprint density at radius 2 is 2.22 bits per heavy atom. The zero-order chi connectivity index (χ0) is 16.0. The third kappa shape index (κ3) is 2.35. The van der Waals surface area contributed by atoms with Gasteiger partial charge in [-0.05, 0) is 44.0 Å². The number of H-pyrrole nitrogens is 1. The van der Waals surface area contributed by atoms with E-state index >= 15 is 0 Å². The fraction of sp³-hybridized carbons (Fsp3) is 0.500. The molecule has 0 saturated carbocycles. The van der Waals surface area contributed by atoms with Gasteiger partial charge in [0.1, 0.15) is 0 Å². The lowest BCUT2D eigenvalue weighted by molar-refractivity contribution is 0.0618. The topological polar surface area (TPSA) is 70.2 Å². The van der Waals surface area contributed by atoms with Crippen molar-refractivity contribution in [2.75, 3.05) is 26.7 Å². The van der Waals surface area contributed by atoms with Crippen LogP contribution in [0.3, 0.4) is 0 Å². The van der Waals surface area contributed by atoms with Crippen molar-refractivity contribution < 1.29 is 13.9 Å². The third-order valence-corrected chi connectivity index (χ3v) is 5.04. The Hall–Kier alpha value is -2.15. The standard InChI is InChI=1S/C16H19FN4O2/c1-23-12-3-2-10-13(14(12)17)15(20-19-10)16(22)18-11-8-21-6-4-9(11)5-7-21/h2-3,9,11H,4-8H2,1H3,(H,18,22)(H,19,20)/t11-/m1/s1. The molecule has 0 spiro atoms. The fourth-order valence-electron chi connectivity index (χ4n) is 3.74. The molecule has 5 rings (SSSR count). The van der Waals surface area contributed by atoms with Crippen LogP contribution in [-0.2, 0) is 0 Å². The van der Waals surface area contributed by atoms with Crippen LogP contribution in [0.5, 0.6) is 5.75 Å². The molecule has 3 aliphatic rings. The molecule has 23 heavy (non-hydrogen) atoms. The van der Waals surface area contributed by atoms with Gasteiger partial charge >= 0.3 is 0 Å². The van der Waals surface area contributed by atoms with Gasteiger partial charge in [-0.1, -0.05) is 0 Å². The number of piperidine rings is 3. The Balaban J connectivity index is 1.62. The maximum Gasteiger partial charge on any atom is 0.272 e. The number of halogens is 1. The summed E-state index contributed by atoms with van der Waals surface area (Å²) in [6.45, 7) is 3.08. The average molecular weight is 318 g/mol. The molecule has 0 aliphatic carbocycles. The lowest BCUT2D eigenvalue weighted by atomic mass is 9.84. The van der Waals surface area contributed by atoms with Crippen LogP contribution < -0.4 is 10.1 Å². The van der Waals surface area contributed by atoms with Gasteiger partial charge in [0.2, 0.25) is 0 Å². The zero-order valence-corrected chi connectivity index (χ0v) is 12.9. The number of aromatic amines is 1. The van der Waals surface area contributed by atoms with Crippen LogP contribution in [0, 0.1) is 11.7 Å². The maximum absolute atomic E-state index is 14.5. The summed E-state index contributed by atoms with van der Waals surface area (Å²) in [4.78, 5) is 15.0. The smallest absolute Gasteiger partial charge is 0.272 e. The van der Waals surface area contributed by atoms with Crippen LogP contribution in [-0.4, -0.2) is 53.8 Å². The summed E-state index contributed by atoms with van der Waals surface area (Å²) in [6.07, 6.45) is 2.21. The van der Waals surface area contributed by atoms with Crippen LogP contribution in [0.4, 0.5) is 4.39 Å². The van der Waals surface area contributed by atoms with Gasteiger partial charge in [-0.25, -0.2) is 4.39 Å². The van der Waals surface area contributed by atoms with Gasteiger partial charge in [0, 0.05) is 12.6 Å². The van der Waals surface area contributed by atoms with Crippen molar-refractivity contribution in [2.45, 2.75) is 18.9 Å². The van der Waals surface area contributed by atoms with Gasteiger partial charge in [-0.3, -0.25) is 9.89 Å². The highest BCUT2D eigenvalue weighted by atomic mass is 19.1. The molecule has 2 bridgehead atoms. The van der Waals surface area contributed by atoms with E-state index in [0.29, 0.717) is 11.4 Å². The van der Waals surface area contributed by atoms with Gasteiger partial charge < -0.3 is 15.0 Å². The molecule has 1 amide bonds. The number of hydrogen-bond donors (Lipinski definition) is 2. The molecule has 6 nitrogen and oxygen atoms in total. The van der Waals surface area contributed by atoms with Crippen LogP contribution in [0.1, 0.15) is 23.3 Å². The lowest BCUT2D eigenvalue weighted by Gasteiger charge is -2.44. The number of nitrogens with zero attached hydrogens (tertiary/aromatic N) is 2. The minimum absolute atomic E-state index is 0.0906. The van der Waals surface area contributed by atoms with Gasteiger partial charge in [0.15, 0.2) is 17.3 Å². The molecule has 1 aromatic carbocycles. The summed E-state index contributed by atoms with van der Waals surface area (Å²) < 4.78 is 19.5. The van der Waals surface area contributed by atoms with Crippen molar-refractivity contribution in [1.82, 2.24) is 20.4 Å². The predicted octanol–water partition coefficient (Wildman–Crippen LogP) is 1.53. The van der Waals surface area contributed by atoms with E-state index < -0.39 is 5.82 Å². The summed E-state index contributed by atoms with van der Waals surface area (Å²) in [5.41, 5.74) is 0.579. The SMILES string of the molecule is COc1ccc2[nH]nc(C(=O)N[C@@H]3CN4CCC3CC4)c2c1F. The van der Waals surface area contributed by atoms with E-state index in [1.165, 1.54) is 13.2 Å². The molecular weight excluding hydrogens is 299 g/mol. The molecule has 122 valence electrons. The first-order valence-corrected chi connectivity index (χ1v) is 7.91. The van der Waals surface area contributed by atoms with E-state index in [1.807, 2.05) is 0 Å². The monoisotopic (exact) mass is 318 g/mol. The number of ether oxygens (including phenoxy) is 1. The highest BCUT2D eigenvalue weighted by molar-refractivity contribution is 6.05. The van der Waals surface area contributed by atoms with Crippen LogP contribution in [0.2, 0.25) is 0 Å². The number of rotatable bonds is 3. The summed E-state index contributed by atoms with van der Waals surface area (Å²) in [5.74, 6) is -0.274. The summed E-state index contributed by atoms with van der Waals surface area (Å²) >= 11 is 0. The second-order valence-electron chi connectivity index (χ2n) is 6.29. The number of benzene rings is 1. The average Bonchev–Trinajstić information content (AvgIpc) is 3.01. The molecule has 3 saturated heterocycles. The molecule has 3 fully saturated rings. The maximum atomic E-state index is 14.5. The first-order chi connectivity index (χ1) is 11.2. The number of methoxy groups -OCH3 is 1. The van der Waals surface area contributed by atoms with Gasteiger partial charge in [0.05, 0.1) is 18.0 Å². The van der Waals surface area contributed by atoms with Crippen LogP contribution >= 0.6 is 0 Å². The summed E-state index contributed by atoms with van der Waals surface area (Å²) in [5, 5.41) is 9.95. The molecule has 4 heterocycles. The molecule has 2 aromatic rings. The quantitative estimate of drug-likeness (QED) is 0.900. The highest BCUT2D eigenvalue weighted by Gasteiger charge is 2.35. The molecule has 1 atom stereocenters. The first kappa shape index (κ1) is 14.4. The first-order valence-electron chi connectivity index (χ1n) is 7.91. The van der Waals surface area contributed by atoms with Crippen molar-refractivity contribution in [1.29, 1.82) is 0 Å². The van der Waals surface area contributed by atoms with Crippen LogP contribution in [0.25, 0.3) is 10.9 Å². The van der Waals surface area contributed by atoms with Crippen molar-refractivity contribution in [2.24, 2.45) is 5.92 Å². The number of amides is 1. The molecule has 2 N–H and O–H groups in total. The number of aromatic nitrogens is 2. The summed E-state index contributed by atoms with van der Waals surface area (Å²) in [7, 11) is 1.40. The van der Waals surface area contributed by atoms with Gasteiger partial charge in [-0.15, -0.1) is 0 Å². The molecule has 7 heteroatoms. The Morgan fingerprint density at radius 1 is 1.43 bits per heavy atom. The second-order valence-corrected chi connectivity index (χ2v) is 6.29. The van der Waals surface area contributed by atoms with Gasteiger partial charge in [-0.2, -0.15) is 5.10 Å². The summed E-state index contributed by atoms with van der Waals surface area (Å²) in [6, 6.07) is 3.30. The minimum atomic E-state index is -0.558. The molecule has 0 radical (unpaired) electrons. The molecule has 3 aliphatic heterocycles. The number of fused-ring (bicyclic) bond motifs is 4. The van der Waals surface area contributed by atoms with Crippen LogP contribution in [0.15, 0.2) is 12.1 Å². The normalized spacial score (nSPS) is 26.4. The van der Waals surface area contributed by atoms with Crippen molar-refractivity contribution in [3.8, 4) is 5.75 Å². The van der Waals surface area contributed by atoms with E-state index in [4.69, 9.17) is 4.74 Å². The lowest BCUT2D eigenvalue weighted by Crippen LogP contribution is -2.57. The van der Waals surface area contributed by atoms with Crippen molar-refractivity contribution >= 4 is 16.8 Å². The number of nitrogens with one attached hydrogen (secondary N) is 2. The van der Waals surface area contributed by atoms with Crippen molar-refractivity contribution in [3.05, 3.63) is 23.6 Å². The van der Waals surface area contributed by atoms with E-state index in [2.05, 4.69) is 20.4 Å².